The van der Waals surface area contributed by atoms with Gasteiger partial charge in [-0.3, -0.25) is 4.99 Å². The standard InChI is InChI=1S/C5H11N3/c1-4-7-2-5(6)3-8-4/h5H,2-3,6H2,1H3,(H,7,8). The second-order valence-electron chi connectivity index (χ2n) is 2.07. The van der Waals surface area contributed by atoms with Crippen LogP contribution in [-0.4, -0.2) is 25.0 Å². The molecule has 3 N–H and O–H groups in total. The van der Waals surface area contributed by atoms with Crippen LogP contribution in [0.15, 0.2) is 4.99 Å². The molecule has 3 nitrogen and oxygen atoms in total. The predicted octanol–water partition coefficient (Wildman–Crippen LogP) is -0.665. The van der Waals surface area contributed by atoms with Crippen LogP contribution < -0.4 is 11.1 Å². The van der Waals surface area contributed by atoms with Crippen molar-refractivity contribution >= 4 is 5.84 Å². The van der Waals surface area contributed by atoms with E-state index in [9.17, 15) is 0 Å². The molecule has 1 heterocycles. The van der Waals surface area contributed by atoms with Crippen molar-refractivity contribution in [2.75, 3.05) is 13.1 Å². The Hall–Kier alpha value is -0.570. The fraction of sp³-hybridized carbons (Fsp3) is 0.800. The quantitative estimate of drug-likeness (QED) is 0.438. The van der Waals surface area contributed by atoms with Gasteiger partial charge in [0.05, 0.1) is 12.4 Å². The average molecular weight is 113 g/mol. The Bertz CT molecular complexity index is 108. The van der Waals surface area contributed by atoms with Crippen LogP contribution in [0.2, 0.25) is 0 Å². The van der Waals surface area contributed by atoms with Crippen molar-refractivity contribution in [1.29, 1.82) is 0 Å². The molecule has 0 spiro atoms. The molecule has 1 rings (SSSR count). The van der Waals surface area contributed by atoms with Gasteiger partial charge in [-0.05, 0) is 6.92 Å². The molecule has 0 aromatic heterocycles. The summed E-state index contributed by atoms with van der Waals surface area (Å²) in [6, 6.07) is 0.221. The van der Waals surface area contributed by atoms with Crippen molar-refractivity contribution in [3.8, 4) is 0 Å². The highest BCUT2D eigenvalue weighted by molar-refractivity contribution is 5.80. The summed E-state index contributed by atoms with van der Waals surface area (Å²) < 4.78 is 0. The Balaban J connectivity index is 2.42. The predicted molar refractivity (Wildman–Crippen MR) is 34.0 cm³/mol. The van der Waals surface area contributed by atoms with Crippen molar-refractivity contribution in [1.82, 2.24) is 5.32 Å². The molecule has 0 bridgehead atoms. The van der Waals surface area contributed by atoms with E-state index in [4.69, 9.17) is 5.73 Å². The summed E-state index contributed by atoms with van der Waals surface area (Å²) in [6.07, 6.45) is 0. The minimum atomic E-state index is 0.221. The van der Waals surface area contributed by atoms with Gasteiger partial charge in [-0.1, -0.05) is 0 Å². The summed E-state index contributed by atoms with van der Waals surface area (Å²) in [4.78, 5) is 4.09. The molecular weight excluding hydrogens is 102 g/mol. The molecule has 46 valence electrons. The number of nitrogens with two attached hydrogens (primary N) is 1. The molecule has 0 aromatic carbocycles. The fourth-order valence-electron chi connectivity index (χ4n) is 0.653. The molecule has 0 aliphatic carbocycles. The third-order valence-corrected chi connectivity index (χ3v) is 1.18. The summed E-state index contributed by atoms with van der Waals surface area (Å²) in [5.74, 6) is 1.01. The van der Waals surface area contributed by atoms with E-state index in [2.05, 4.69) is 10.3 Å². The lowest BCUT2D eigenvalue weighted by Crippen LogP contribution is -2.42. The molecule has 1 aliphatic heterocycles. The van der Waals surface area contributed by atoms with Crippen LogP contribution in [0.4, 0.5) is 0 Å². The van der Waals surface area contributed by atoms with Gasteiger partial charge in [0.1, 0.15) is 0 Å². The minimum Gasteiger partial charge on any atom is -0.372 e. The average Bonchev–Trinajstić information content (AvgIpc) is 1.77. The van der Waals surface area contributed by atoms with Crippen molar-refractivity contribution < 1.29 is 0 Å². The van der Waals surface area contributed by atoms with E-state index in [0.29, 0.717) is 0 Å². The third-order valence-electron chi connectivity index (χ3n) is 1.18. The van der Waals surface area contributed by atoms with Crippen LogP contribution >= 0.6 is 0 Å². The Kier molecular flexibility index (Phi) is 1.48. The van der Waals surface area contributed by atoms with Crippen molar-refractivity contribution in [2.24, 2.45) is 10.7 Å². The van der Waals surface area contributed by atoms with E-state index in [0.717, 1.165) is 18.9 Å². The summed E-state index contributed by atoms with van der Waals surface area (Å²) in [7, 11) is 0. The number of nitrogens with one attached hydrogen (secondary N) is 1. The van der Waals surface area contributed by atoms with Crippen molar-refractivity contribution in [3.05, 3.63) is 0 Å². The molecular formula is C5H11N3. The van der Waals surface area contributed by atoms with Crippen LogP contribution in [0.1, 0.15) is 6.92 Å². The second-order valence-corrected chi connectivity index (χ2v) is 2.07. The Morgan fingerprint density at radius 3 is 3.00 bits per heavy atom. The molecule has 1 aliphatic rings. The first-order valence-electron chi connectivity index (χ1n) is 2.79. The van der Waals surface area contributed by atoms with Gasteiger partial charge >= 0.3 is 0 Å². The van der Waals surface area contributed by atoms with Gasteiger partial charge in [-0.25, -0.2) is 0 Å². The number of hydrogen-bond acceptors (Lipinski definition) is 3. The zero-order chi connectivity index (χ0) is 5.98. The highest BCUT2D eigenvalue weighted by Gasteiger charge is 2.05. The number of hydrogen-bond donors (Lipinski definition) is 2. The van der Waals surface area contributed by atoms with Crippen molar-refractivity contribution in [3.63, 3.8) is 0 Å². The van der Waals surface area contributed by atoms with E-state index < -0.39 is 0 Å². The van der Waals surface area contributed by atoms with E-state index in [1.165, 1.54) is 0 Å². The molecule has 1 atom stereocenters. The zero-order valence-electron chi connectivity index (χ0n) is 5.02. The van der Waals surface area contributed by atoms with Crippen molar-refractivity contribution in [2.45, 2.75) is 13.0 Å². The molecule has 0 aromatic rings. The minimum absolute atomic E-state index is 0.221. The molecule has 0 saturated heterocycles. The van der Waals surface area contributed by atoms with E-state index in [-0.39, 0.29) is 6.04 Å². The third kappa shape index (κ3) is 1.20. The van der Waals surface area contributed by atoms with Crippen LogP contribution in [0.3, 0.4) is 0 Å². The maximum Gasteiger partial charge on any atom is 0.0932 e. The number of rotatable bonds is 0. The first-order chi connectivity index (χ1) is 3.79. The first kappa shape index (κ1) is 5.56. The monoisotopic (exact) mass is 113 g/mol. The molecule has 3 heteroatoms. The normalized spacial score (nSPS) is 28.8. The molecule has 1 unspecified atom stereocenters. The lowest BCUT2D eigenvalue weighted by molar-refractivity contribution is 0.626. The van der Waals surface area contributed by atoms with Crippen LogP contribution in [-0.2, 0) is 0 Å². The number of nitrogens with zero attached hydrogens (tertiary/aromatic N) is 1. The van der Waals surface area contributed by atoms with Gasteiger partial charge in [0.2, 0.25) is 0 Å². The summed E-state index contributed by atoms with van der Waals surface area (Å²) in [5.41, 5.74) is 5.53. The molecule has 0 fully saturated rings. The molecule has 0 radical (unpaired) electrons. The van der Waals surface area contributed by atoms with Gasteiger partial charge in [-0.15, -0.1) is 0 Å². The first-order valence-corrected chi connectivity index (χ1v) is 2.79. The largest absolute Gasteiger partial charge is 0.372 e. The maximum absolute atomic E-state index is 5.53. The topological polar surface area (TPSA) is 50.4 Å². The van der Waals surface area contributed by atoms with Crippen LogP contribution in [0.5, 0.6) is 0 Å². The van der Waals surface area contributed by atoms with E-state index in [1.54, 1.807) is 0 Å². The zero-order valence-corrected chi connectivity index (χ0v) is 5.02. The number of amidine groups is 1. The summed E-state index contributed by atoms with van der Waals surface area (Å²) >= 11 is 0. The molecule has 0 saturated carbocycles. The molecule has 0 amide bonds. The Morgan fingerprint density at radius 2 is 2.62 bits per heavy atom. The Labute approximate surface area is 49.0 Å². The molecule has 8 heavy (non-hydrogen) atoms. The number of aliphatic imine (C=N–C) groups is 1. The van der Waals surface area contributed by atoms with Crippen LogP contribution in [0, 0.1) is 0 Å². The summed E-state index contributed by atoms with van der Waals surface area (Å²) in [5, 5.41) is 3.06. The highest BCUT2D eigenvalue weighted by atomic mass is 15.0. The van der Waals surface area contributed by atoms with E-state index >= 15 is 0 Å². The van der Waals surface area contributed by atoms with Gasteiger partial charge in [0.15, 0.2) is 0 Å². The maximum atomic E-state index is 5.53. The fourth-order valence-corrected chi connectivity index (χ4v) is 0.653. The SMILES string of the molecule is CC1=NCC(N)CN1. The smallest absolute Gasteiger partial charge is 0.0932 e. The van der Waals surface area contributed by atoms with Gasteiger partial charge in [0, 0.05) is 12.6 Å². The summed E-state index contributed by atoms with van der Waals surface area (Å²) in [6.45, 7) is 3.60. The van der Waals surface area contributed by atoms with Gasteiger partial charge < -0.3 is 11.1 Å². The lowest BCUT2D eigenvalue weighted by Gasteiger charge is -2.16. The van der Waals surface area contributed by atoms with Gasteiger partial charge in [-0.2, -0.15) is 0 Å². The highest BCUT2D eigenvalue weighted by Crippen LogP contribution is 1.86. The lowest BCUT2D eigenvalue weighted by atomic mass is 10.3. The second kappa shape index (κ2) is 2.13. The van der Waals surface area contributed by atoms with Gasteiger partial charge in [0.25, 0.3) is 0 Å². The van der Waals surface area contributed by atoms with Crippen LogP contribution in [0.25, 0.3) is 0 Å². The van der Waals surface area contributed by atoms with E-state index in [1.807, 2.05) is 6.92 Å². The Morgan fingerprint density at radius 1 is 1.88 bits per heavy atom.